The number of halogens is 1. The molecule has 150 valence electrons. The van der Waals surface area contributed by atoms with Crippen LogP contribution in [0.15, 0.2) is 29.2 Å². The summed E-state index contributed by atoms with van der Waals surface area (Å²) in [6, 6.07) is 6.48. The van der Waals surface area contributed by atoms with E-state index in [4.69, 9.17) is 11.6 Å². The number of rotatable bonds is 7. The first-order valence-corrected chi connectivity index (χ1v) is 11.5. The summed E-state index contributed by atoms with van der Waals surface area (Å²) in [6.45, 7) is 4.76. The number of hydrogen-bond acceptors (Lipinski definition) is 4. The van der Waals surface area contributed by atoms with E-state index in [9.17, 15) is 13.2 Å². The number of nitrogens with one attached hydrogen (secondary N) is 1. The summed E-state index contributed by atoms with van der Waals surface area (Å²) in [5, 5.41) is 3.25. The third-order valence-electron chi connectivity index (χ3n) is 5.43. The predicted octanol–water partition coefficient (Wildman–Crippen LogP) is 2.34. The number of carbonyl (C=O) groups excluding carboxylic acids is 1. The lowest BCUT2D eigenvalue weighted by molar-refractivity contribution is -0.126. The maximum absolute atomic E-state index is 12.8. The molecule has 8 heteroatoms. The van der Waals surface area contributed by atoms with Gasteiger partial charge in [0.2, 0.25) is 15.9 Å². The van der Waals surface area contributed by atoms with Gasteiger partial charge in [-0.15, -0.1) is 0 Å². The quantitative estimate of drug-likeness (QED) is 0.696. The van der Waals surface area contributed by atoms with Crippen LogP contribution in [0.25, 0.3) is 0 Å². The van der Waals surface area contributed by atoms with Crippen molar-refractivity contribution in [2.75, 3.05) is 39.3 Å². The number of sulfonamides is 1. The van der Waals surface area contributed by atoms with E-state index in [1.54, 1.807) is 18.2 Å². The Morgan fingerprint density at radius 1 is 1.11 bits per heavy atom. The van der Waals surface area contributed by atoms with Gasteiger partial charge in [-0.2, -0.15) is 4.31 Å². The SMILES string of the molecule is O=C(NCCCN1CCCC1)C1CCN(S(=O)(=O)c2ccccc2Cl)CC1. The zero-order valence-electron chi connectivity index (χ0n) is 15.6. The summed E-state index contributed by atoms with van der Waals surface area (Å²) in [5.74, 6) is -0.0688. The van der Waals surface area contributed by atoms with Crippen LogP contribution in [0.3, 0.4) is 0 Å². The second-order valence-electron chi connectivity index (χ2n) is 7.30. The number of amides is 1. The van der Waals surface area contributed by atoms with Gasteiger partial charge in [-0.3, -0.25) is 4.79 Å². The zero-order valence-corrected chi connectivity index (χ0v) is 17.1. The molecule has 2 fully saturated rings. The highest BCUT2D eigenvalue weighted by Crippen LogP contribution is 2.28. The summed E-state index contributed by atoms with van der Waals surface area (Å²) in [6.07, 6.45) is 4.61. The minimum absolute atomic E-state index is 0.0474. The van der Waals surface area contributed by atoms with Crippen molar-refractivity contribution in [1.82, 2.24) is 14.5 Å². The summed E-state index contributed by atoms with van der Waals surface area (Å²) in [7, 11) is -3.61. The molecule has 0 bridgehead atoms. The summed E-state index contributed by atoms with van der Waals surface area (Å²) < 4.78 is 27.0. The molecule has 2 heterocycles. The van der Waals surface area contributed by atoms with Crippen LogP contribution in [0.2, 0.25) is 5.02 Å². The molecule has 1 N–H and O–H groups in total. The highest BCUT2D eigenvalue weighted by Gasteiger charge is 2.32. The smallest absolute Gasteiger partial charge is 0.244 e. The van der Waals surface area contributed by atoms with E-state index in [0.717, 1.165) is 13.0 Å². The fraction of sp³-hybridized carbons (Fsp3) is 0.632. The molecule has 3 rings (SSSR count). The van der Waals surface area contributed by atoms with Crippen molar-refractivity contribution in [3.63, 3.8) is 0 Å². The summed E-state index contributed by atoms with van der Waals surface area (Å²) in [5.41, 5.74) is 0. The average Bonchev–Trinajstić information content (AvgIpc) is 3.19. The second-order valence-corrected chi connectivity index (χ2v) is 9.62. The summed E-state index contributed by atoms with van der Waals surface area (Å²) >= 11 is 6.05. The van der Waals surface area contributed by atoms with Crippen molar-refractivity contribution in [1.29, 1.82) is 0 Å². The van der Waals surface area contributed by atoms with Crippen molar-refractivity contribution in [2.45, 2.75) is 37.0 Å². The van der Waals surface area contributed by atoms with E-state index in [2.05, 4.69) is 10.2 Å². The highest BCUT2D eigenvalue weighted by atomic mass is 35.5. The van der Waals surface area contributed by atoms with Crippen LogP contribution >= 0.6 is 11.6 Å². The van der Waals surface area contributed by atoms with Gasteiger partial charge < -0.3 is 10.2 Å². The monoisotopic (exact) mass is 413 g/mol. The van der Waals surface area contributed by atoms with Gasteiger partial charge in [0.15, 0.2) is 0 Å². The van der Waals surface area contributed by atoms with Crippen molar-refractivity contribution in [3.05, 3.63) is 29.3 Å². The molecule has 1 aromatic carbocycles. The lowest BCUT2D eigenvalue weighted by Crippen LogP contribution is -2.43. The van der Waals surface area contributed by atoms with Gasteiger partial charge in [-0.05, 0) is 63.9 Å². The van der Waals surface area contributed by atoms with Gasteiger partial charge in [-0.1, -0.05) is 23.7 Å². The number of likely N-dealkylation sites (tertiary alicyclic amines) is 1. The Morgan fingerprint density at radius 3 is 2.44 bits per heavy atom. The molecule has 2 aliphatic heterocycles. The van der Waals surface area contributed by atoms with Crippen LogP contribution in [-0.2, 0) is 14.8 Å². The minimum atomic E-state index is -3.61. The molecule has 0 radical (unpaired) electrons. The Bertz CT molecular complexity index is 742. The van der Waals surface area contributed by atoms with E-state index in [-0.39, 0.29) is 21.7 Å². The fourth-order valence-electron chi connectivity index (χ4n) is 3.82. The van der Waals surface area contributed by atoms with Crippen LogP contribution in [0.4, 0.5) is 0 Å². The van der Waals surface area contributed by atoms with Gasteiger partial charge in [0, 0.05) is 25.6 Å². The topological polar surface area (TPSA) is 69.7 Å². The molecule has 27 heavy (non-hydrogen) atoms. The lowest BCUT2D eigenvalue weighted by atomic mass is 9.97. The maximum atomic E-state index is 12.8. The van der Waals surface area contributed by atoms with Crippen molar-refractivity contribution < 1.29 is 13.2 Å². The second kappa shape index (κ2) is 9.37. The minimum Gasteiger partial charge on any atom is -0.356 e. The third-order valence-corrected chi connectivity index (χ3v) is 7.83. The van der Waals surface area contributed by atoms with Crippen LogP contribution in [0, 0.1) is 5.92 Å². The van der Waals surface area contributed by atoms with E-state index >= 15 is 0 Å². The highest BCUT2D eigenvalue weighted by molar-refractivity contribution is 7.89. The Kier molecular flexibility index (Phi) is 7.14. The van der Waals surface area contributed by atoms with Crippen molar-refractivity contribution in [3.8, 4) is 0 Å². The zero-order chi connectivity index (χ0) is 19.3. The third kappa shape index (κ3) is 5.22. The Balaban J connectivity index is 1.44. The Labute approximate surface area is 166 Å². The molecule has 0 aliphatic carbocycles. The van der Waals surface area contributed by atoms with E-state index in [1.165, 1.54) is 36.3 Å². The van der Waals surface area contributed by atoms with Gasteiger partial charge in [-0.25, -0.2) is 8.42 Å². The molecule has 0 saturated carbocycles. The first kappa shape index (κ1) is 20.6. The molecule has 2 saturated heterocycles. The molecule has 0 aromatic heterocycles. The fourth-order valence-corrected chi connectivity index (χ4v) is 5.78. The number of carbonyl (C=O) groups is 1. The van der Waals surface area contributed by atoms with Crippen molar-refractivity contribution in [2.24, 2.45) is 5.92 Å². The molecule has 0 atom stereocenters. The van der Waals surface area contributed by atoms with Gasteiger partial charge in [0.1, 0.15) is 4.90 Å². The first-order valence-electron chi connectivity index (χ1n) is 9.73. The first-order chi connectivity index (χ1) is 13.0. The van der Waals surface area contributed by atoms with Gasteiger partial charge >= 0.3 is 0 Å². The summed E-state index contributed by atoms with van der Waals surface area (Å²) in [4.78, 5) is 14.9. The van der Waals surface area contributed by atoms with Gasteiger partial charge in [0.25, 0.3) is 0 Å². The molecule has 1 amide bonds. The average molecular weight is 414 g/mol. The normalized spacial score (nSPS) is 20.0. The number of piperidine rings is 1. The molecular weight excluding hydrogens is 386 g/mol. The Hall–Kier alpha value is -1.15. The van der Waals surface area contributed by atoms with Crippen LogP contribution in [0.5, 0.6) is 0 Å². The van der Waals surface area contributed by atoms with E-state index in [0.29, 0.717) is 32.5 Å². The predicted molar refractivity (Wildman–Crippen MR) is 106 cm³/mol. The number of benzene rings is 1. The van der Waals surface area contributed by atoms with E-state index in [1.807, 2.05) is 0 Å². The molecule has 6 nitrogen and oxygen atoms in total. The van der Waals surface area contributed by atoms with Crippen LogP contribution in [0.1, 0.15) is 32.1 Å². The number of hydrogen-bond donors (Lipinski definition) is 1. The molecular formula is C19H28ClN3O3S. The maximum Gasteiger partial charge on any atom is 0.244 e. The van der Waals surface area contributed by atoms with Gasteiger partial charge in [0.05, 0.1) is 5.02 Å². The standard InChI is InChI=1S/C19H28ClN3O3S/c20-17-6-1-2-7-18(17)27(25,26)23-14-8-16(9-15-23)19(24)21-10-5-13-22-11-3-4-12-22/h1-2,6-7,16H,3-5,8-15H2,(H,21,24). The molecule has 0 unspecified atom stereocenters. The Morgan fingerprint density at radius 2 is 1.78 bits per heavy atom. The molecule has 2 aliphatic rings. The van der Waals surface area contributed by atoms with E-state index < -0.39 is 10.0 Å². The largest absolute Gasteiger partial charge is 0.356 e. The lowest BCUT2D eigenvalue weighted by Gasteiger charge is -2.30. The molecule has 1 aromatic rings. The number of nitrogens with zero attached hydrogens (tertiary/aromatic N) is 2. The van der Waals surface area contributed by atoms with Crippen LogP contribution < -0.4 is 5.32 Å². The van der Waals surface area contributed by atoms with Crippen molar-refractivity contribution >= 4 is 27.5 Å². The van der Waals surface area contributed by atoms with Crippen LogP contribution in [-0.4, -0.2) is 62.8 Å². The molecule has 0 spiro atoms.